The minimum Gasteiger partial charge on any atom is -0.497 e. The number of fused-ring (bicyclic) bond motifs is 1. The van der Waals surface area contributed by atoms with Crippen molar-refractivity contribution in [2.24, 2.45) is 5.92 Å². The summed E-state index contributed by atoms with van der Waals surface area (Å²) in [5.41, 5.74) is 1.83. The smallest absolute Gasteiger partial charge is 0.391 e. The molecule has 0 bridgehead atoms. The summed E-state index contributed by atoms with van der Waals surface area (Å²) in [6.07, 6.45) is -2.84. The molecule has 3 heterocycles. The fourth-order valence-electron chi connectivity index (χ4n) is 6.32. The predicted molar refractivity (Wildman–Crippen MR) is 167 cm³/mol. The highest BCUT2D eigenvalue weighted by Gasteiger charge is 2.46. The van der Waals surface area contributed by atoms with E-state index in [2.05, 4.69) is 9.36 Å². The number of nitrogens with zero attached hydrogens (tertiary/aromatic N) is 4. The number of alkyl halides is 3. The van der Waals surface area contributed by atoms with Crippen LogP contribution in [0.5, 0.6) is 17.2 Å². The number of hydrogen-bond acceptors (Lipinski definition) is 9. The van der Waals surface area contributed by atoms with E-state index in [1.807, 2.05) is 4.90 Å². The fraction of sp³-hybridized carbons (Fsp3) is 0.375. The van der Waals surface area contributed by atoms with Gasteiger partial charge in [-0.3, -0.25) is 4.90 Å². The molecule has 3 atom stereocenters. The Morgan fingerprint density at radius 3 is 2.49 bits per heavy atom. The molecule has 4 aromatic rings. The molecule has 0 amide bonds. The second kappa shape index (κ2) is 13.3. The molecular weight excluding hydrogens is 661 g/mol. The van der Waals surface area contributed by atoms with Crippen molar-refractivity contribution in [1.29, 1.82) is 0 Å². The lowest BCUT2D eigenvalue weighted by Crippen LogP contribution is -2.44. The Morgan fingerprint density at radius 1 is 1.02 bits per heavy atom. The van der Waals surface area contributed by atoms with Crippen LogP contribution in [0.25, 0.3) is 0 Å². The molecule has 15 heteroatoms. The van der Waals surface area contributed by atoms with Crippen molar-refractivity contribution >= 4 is 26.7 Å². The average Bonchev–Trinajstić information content (AvgIpc) is 3.61. The van der Waals surface area contributed by atoms with Gasteiger partial charge in [-0.05, 0) is 55.3 Å². The van der Waals surface area contributed by atoms with Gasteiger partial charge in [-0.15, -0.1) is 0 Å². The lowest BCUT2D eigenvalue weighted by molar-refractivity contribution is -0.192. The van der Waals surface area contributed by atoms with Gasteiger partial charge in [0.1, 0.15) is 29.4 Å². The third-order valence-corrected chi connectivity index (χ3v) is 11.3. The first-order valence-corrected chi connectivity index (χ1v) is 17.1. The Kier molecular flexibility index (Phi) is 9.31. The van der Waals surface area contributed by atoms with Crippen LogP contribution in [-0.2, 0) is 16.6 Å². The van der Waals surface area contributed by atoms with Crippen LogP contribution in [0.1, 0.15) is 48.0 Å². The number of piperidine rings is 1. The summed E-state index contributed by atoms with van der Waals surface area (Å²) in [4.78, 5) is 6.13. The van der Waals surface area contributed by atoms with Gasteiger partial charge in [0.25, 0.3) is 10.0 Å². The normalized spacial score (nSPS) is 20.3. The average molecular weight is 693 g/mol. The molecule has 47 heavy (non-hydrogen) atoms. The van der Waals surface area contributed by atoms with Crippen molar-refractivity contribution < 1.29 is 40.2 Å². The number of anilines is 1. The van der Waals surface area contributed by atoms with E-state index in [9.17, 15) is 26.0 Å². The molecule has 1 unspecified atom stereocenters. The highest BCUT2D eigenvalue weighted by atomic mass is 32.2. The summed E-state index contributed by atoms with van der Waals surface area (Å²) < 4.78 is 106. The molecule has 1 fully saturated rings. The molecule has 250 valence electrons. The highest BCUT2D eigenvalue weighted by molar-refractivity contribution is 7.93. The molecule has 6 rings (SSSR count). The lowest BCUT2D eigenvalue weighted by atomic mass is 9.84. The Hall–Kier alpha value is -3.95. The van der Waals surface area contributed by atoms with Crippen molar-refractivity contribution in [1.82, 2.24) is 14.3 Å². The monoisotopic (exact) mass is 692 g/mol. The molecule has 0 saturated carbocycles. The second-order valence-corrected chi connectivity index (χ2v) is 14.0. The zero-order valence-electron chi connectivity index (χ0n) is 25.5. The van der Waals surface area contributed by atoms with Crippen LogP contribution in [0.15, 0.2) is 71.9 Å². The Bertz CT molecular complexity index is 1810. The quantitative estimate of drug-likeness (QED) is 0.175. The third kappa shape index (κ3) is 6.74. The van der Waals surface area contributed by atoms with Crippen LogP contribution >= 0.6 is 11.5 Å². The summed E-state index contributed by atoms with van der Waals surface area (Å²) in [6, 6.07) is 14.3. The molecule has 1 saturated heterocycles. The van der Waals surface area contributed by atoms with Gasteiger partial charge in [-0.2, -0.15) is 17.5 Å². The second-order valence-electron chi connectivity index (χ2n) is 11.3. The van der Waals surface area contributed by atoms with Gasteiger partial charge in [0.15, 0.2) is 0 Å². The molecule has 2 aliphatic heterocycles. The molecule has 2 aliphatic rings. The number of likely N-dealkylation sites (tertiary alicyclic amines) is 1. The number of halogens is 4. The minimum absolute atomic E-state index is 0.0505. The van der Waals surface area contributed by atoms with Crippen LogP contribution in [0, 0.1) is 11.7 Å². The number of ether oxygens (including phenoxy) is 3. The van der Waals surface area contributed by atoms with E-state index in [1.54, 1.807) is 24.3 Å². The van der Waals surface area contributed by atoms with Gasteiger partial charge in [0.2, 0.25) is 5.13 Å². The Labute approximate surface area is 273 Å². The maximum Gasteiger partial charge on any atom is 0.391 e. The van der Waals surface area contributed by atoms with Crippen LogP contribution in [0.2, 0.25) is 0 Å². The summed E-state index contributed by atoms with van der Waals surface area (Å²) >= 11 is 0.920. The van der Waals surface area contributed by atoms with Gasteiger partial charge in [0, 0.05) is 53.3 Å². The van der Waals surface area contributed by atoms with Crippen LogP contribution in [0.3, 0.4) is 0 Å². The van der Waals surface area contributed by atoms with Crippen molar-refractivity contribution in [3.8, 4) is 17.2 Å². The number of aromatic nitrogens is 2. The first-order valence-electron chi connectivity index (χ1n) is 14.8. The van der Waals surface area contributed by atoms with E-state index in [0.29, 0.717) is 40.4 Å². The number of rotatable bonds is 9. The summed E-state index contributed by atoms with van der Waals surface area (Å²) in [5.74, 6) is -0.660. The first-order chi connectivity index (χ1) is 22.5. The number of hydrogen-bond donors (Lipinski definition) is 0. The van der Waals surface area contributed by atoms with E-state index in [1.165, 1.54) is 56.9 Å². The largest absolute Gasteiger partial charge is 0.497 e. The topological polar surface area (TPSA) is 94.1 Å². The lowest BCUT2D eigenvalue weighted by Gasteiger charge is -2.46. The van der Waals surface area contributed by atoms with Crippen molar-refractivity contribution in [2.45, 2.75) is 49.0 Å². The van der Waals surface area contributed by atoms with E-state index in [0.717, 1.165) is 15.8 Å². The van der Waals surface area contributed by atoms with E-state index >= 15 is 0 Å². The van der Waals surface area contributed by atoms with Crippen LogP contribution in [-0.4, -0.2) is 56.2 Å². The molecule has 1 aromatic heterocycles. The molecular formula is C32H32F4N4O5S2. The number of benzene rings is 3. The SMILES string of the molecule is COc1ccc(CN(c2ncns2)S(=O)(=O)c2ccc3c(c2)OCCC3N2CC[C@@H](C(F)(F)F)C[C@@H]2c2ccc(F)cc2)c(OC)c1. The summed E-state index contributed by atoms with van der Waals surface area (Å²) in [6.45, 7) is 0.281. The maximum absolute atomic E-state index is 14.2. The van der Waals surface area contributed by atoms with Crippen LogP contribution < -0.4 is 18.5 Å². The van der Waals surface area contributed by atoms with Gasteiger partial charge in [-0.1, -0.05) is 18.2 Å². The van der Waals surface area contributed by atoms with Crippen molar-refractivity contribution in [2.75, 3.05) is 31.7 Å². The number of sulfonamides is 1. The van der Waals surface area contributed by atoms with Gasteiger partial charge in [0.05, 0.1) is 38.2 Å². The van der Waals surface area contributed by atoms with Gasteiger partial charge < -0.3 is 14.2 Å². The Morgan fingerprint density at radius 2 is 1.81 bits per heavy atom. The Balaban J connectivity index is 1.34. The zero-order valence-corrected chi connectivity index (χ0v) is 27.1. The van der Waals surface area contributed by atoms with E-state index < -0.39 is 34.0 Å². The number of methoxy groups -OCH3 is 2. The first kappa shape index (κ1) is 33.0. The predicted octanol–water partition coefficient (Wildman–Crippen LogP) is 6.93. The molecule has 0 aliphatic carbocycles. The summed E-state index contributed by atoms with van der Waals surface area (Å²) in [7, 11) is -1.23. The fourth-order valence-corrected chi connectivity index (χ4v) is 8.46. The van der Waals surface area contributed by atoms with Crippen molar-refractivity contribution in [3.05, 3.63) is 89.5 Å². The standard InChI is InChI=1S/C32H32F4N4O5S2/c1-43-24-8-5-21(29(16-24)44-2)18-40(31-37-19-38-46-31)47(41,42)25-9-10-26-27(12-14-45-30(26)17-25)39-13-11-22(32(34,35)36)15-28(39)20-3-6-23(33)7-4-20/h3-10,16-17,19,22,27-28H,11-15,18H2,1-2H3/t22-,27?,28-/m1/s1. The van der Waals surface area contributed by atoms with Gasteiger partial charge in [-0.25, -0.2) is 22.1 Å². The molecule has 0 spiro atoms. The minimum atomic E-state index is -4.35. The van der Waals surface area contributed by atoms with E-state index in [4.69, 9.17) is 14.2 Å². The highest BCUT2D eigenvalue weighted by Crippen LogP contribution is 2.48. The third-order valence-electron chi connectivity index (χ3n) is 8.71. The van der Waals surface area contributed by atoms with Crippen molar-refractivity contribution in [3.63, 3.8) is 0 Å². The maximum atomic E-state index is 14.2. The van der Waals surface area contributed by atoms with E-state index in [-0.39, 0.29) is 48.6 Å². The molecule has 9 nitrogen and oxygen atoms in total. The molecule has 0 N–H and O–H groups in total. The molecule has 0 radical (unpaired) electrons. The zero-order chi connectivity index (χ0) is 33.3. The van der Waals surface area contributed by atoms with Crippen LogP contribution in [0.4, 0.5) is 22.7 Å². The summed E-state index contributed by atoms with van der Waals surface area (Å²) in [5, 5.41) is 0.147. The molecule has 3 aromatic carbocycles. The van der Waals surface area contributed by atoms with Gasteiger partial charge >= 0.3 is 6.18 Å².